The van der Waals surface area contributed by atoms with Gasteiger partial charge in [0.25, 0.3) is 18.3 Å². The summed E-state index contributed by atoms with van der Waals surface area (Å²) in [6.45, 7) is 1.75. The molecule has 2 atom stereocenters. The Kier molecular flexibility index (Phi) is 9.44. The monoisotopic (exact) mass is 652 g/mol. The van der Waals surface area contributed by atoms with E-state index in [0.29, 0.717) is 35.5 Å². The number of aryl methyl sites for hydroxylation is 2. The minimum absolute atomic E-state index is 0.00503. The zero-order chi connectivity index (χ0) is 33.0. The summed E-state index contributed by atoms with van der Waals surface area (Å²) >= 11 is 0. The Hall–Kier alpha value is -5.15. The number of carbonyl (C=O) groups is 3. The van der Waals surface area contributed by atoms with Crippen LogP contribution in [0.5, 0.6) is 11.5 Å². The summed E-state index contributed by atoms with van der Waals surface area (Å²) in [5.74, 6) is -0.401. The van der Waals surface area contributed by atoms with E-state index in [-0.39, 0.29) is 42.6 Å². The molecule has 3 N–H and O–H groups in total. The van der Waals surface area contributed by atoms with Crippen molar-refractivity contribution in [3.8, 4) is 11.5 Å². The third-order valence-corrected chi connectivity index (χ3v) is 9.60. The van der Waals surface area contributed by atoms with Gasteiger partial charge in [-0.1, -0.05) is 18.2 Å². The van der Waals surface area contributed by atoms with Crippen LogP contribution in [0, 0.1) is 6.92 Å². The fraction of sp³-hybridized carbons (Fsp3) is 0.290. The maximum Gasteiger partial charge on any atom is 0.419 e. The number of rotatable bonds is 2. The SMILES string of the molecule is Cc1ccc2cc1OCC(=O)NCc1ccc(cc1)O[C@H]1CCN(S(=O)(=O)c3ccc4oc(=O)n(C)c4c3)C[C@@H]1NC2=O.O=CO. The highest BCUT2D eigenvalue weighted by Crippen LogP contribution is 2.27. The Labute approximate surface area is 263 Å². The third kappa shape index (κ3) is 6.89. The lowest BCUT2D eigenvalue weighted by Gasteiger charge is -2.38. The minimum atomic E-state index is -4.01. The maximum absolute atomic E-state index is 13.8. The zero-order valence-electron chi connectivity index (χ0n) is 25.0. The van der Waals surface area contributed by atoms with Gasteiger partial charge in [-0.2, -0.15) is 4.31 Å². The van der Waals surface area contributed by atoms with Gasteiger partial charge in [-0.05, 0) is 60.5 Å². The number of aromatic nitrogens is 1. The summed E-state index contributed by atoms with van der Waals surface area (Å²) in [4.78, 5) is 46.1. The predicted molar refractivity (Wildman–Crippen MR) is 164 cm³/mol. The Balaban J connectivity index is 0.00000134. The predicted octanol–water partition coefficient (Wildman–Crippen LogP) is 1.79. The molecule has 1 saturated heterocycles. The molecular weight excluding hydrogens is 620 g/mol. The van der Waals surface area contributed by atoms with Crippen molar-refractivity contribution in [3.63, 3.8) is 0 Å². The van der Waals surface area contributed by atoms with Crippen molar-refractivity contribution in [3.05, 3.63) is 87.9 Å². The van der Waals surface area contributed by atoms with Gasteiger partial charge in [-0.15, -0.1) is 0 Å². The van der Waals surface area contributed by atoms with Crippen molar-refractivity contribution in [2.24, 2.45) is 7.05 Å². The van der Waals surface area contributed by atoms with Gasteiger partial charge in [0.15, 0.2) is 12.2 Å². The second kappa shape index (κ2) is 13.5. The molecule has 0 spiro atoms. The number of fused-ring (bicyclic) bond motifs is 8. The van der Waals surface area contributed by atoms with Crippen LogP contribution in [0.2, 0.25) is 0 Å². The number of carboxylic acid groups (broad SMARTS) is 1. The number of piperidine rings is 1. The molecule has 242 valence electrons. The molecule has 46 heavy (non-hydrogen) atoms. The first-order chi connectivity index (χ1) is 22.0. The lowest BCUT2D eigenvalue weighted by Crippen LogP contribution is -2.58. The number of nitrogens with zero attached hydrogens (tertiary/aromatic N) is 2. The molecule has 4 bridgehead atoms. The van der Waals surface area contributed by atoms with E-state index in [4.69, 9.17) is 23.8 Å². The molecule has 3 aromatic carbocycles. The zero-order valence-corrected chi connectivity index (χ0v) is 25.8. The van der Waals surface area contributed by atoms with Gasteiger partial charge >= 0.3 is 5.76 Å². The van der Waals surface area contributed by atoms with Crippen LogP contribution < -0.4 is 25.9 Å². The van der Waals surface area contributed by atoms with Gasteiger partial charge in [-0.25, -0.2) is 13.2 Å². The van der Waals surface area contributed by atoms with Gasteiger partial charge in [0, 0.05) is 38.7 Å². The lowest BCUT2D eigenvalue weighted by atomic mass is 10.0. The number of ether oxygens (including phenoxy) is 2. The number of benzene rings is 3. The van der Waals surface area contributed by atoms with Crippen molar-refractivity contribution in [1.82, 2.24) is 19.5 Å². The molecule has 3 aliphatic heterocycles. The highest BCUT2D eigenvalue weighted by Gasteiger charge is 2.38. The molecule has 4 aromatic rings. The van der Waals surface area contributed by atoms with Crippen molar-refractivity contribution in [2.45, 2.75) is 36.9 Å². The van der Waals surface area contributed by atoms with Crippen LogP contribution in [-0.4, -0.2) is 72.5 Å². The van der Waals surface area contributed by atoms with Crippen LogP contribution in [0.4, 0.5) is 0 Å². The van der Waals surface area contributed by atoms with E-state index in [2.05, 4.69) is 10.6 Å². The van der Waals surface area contributed by atoms with Crippen LogP contribution in [-0.2, 0) is 33.2 Å². The second-order valence-corrected chi connectivity index (χ2v) is 12.7. The van der Waals surface area contributed by atoms with E-state index in [0.717, 1.165) is 11.1 Å². The first-order valence-electron chi connectivity index (χ1n) is 14.2. The number of hydrogen-bond acceptors (Lipinski definition) is 9. The molecule has 0 saturated carbocycles. The molecule has 15 heteroatoms. The van der Waals surface area contributed by atoms with Crippen LogP contribution in [0.15, 0.2) is 74.8 Å². The fourth-order valence-electron chi connectivity index (χ4n) is 5.22. The normalized spacial score (nSPS) is 18.9. The summed E-state index contributed by atoms with van der Waals surface area (Å²) < 4.78 is 47.3. The smallest absolute Gasteiger partial charge is 0.419 e. The molecular formula is C31H32N4O10S. The number of oxazole rings is 1. The largest absolute Gasteiger partial charge is 0.488 e. The third-order valence-electron chi connectivity index (χ3n) is 7.74. The Morgan fingerprint density at radius 3 is 2.50 bits per heavy atom. The average molecular weight is 653 g/mol. The topological polar surface area (TPSA) is 186 Å². The molecule has 1 aromatic heterocycles. The number of nitrogens with one attached hydrogen (secondary N) is 2. The van der Waals surface area contributed by atoms with E-state index in [1.54, 1.807) is 30.3 Å². The van der Waals surface area contributed by atoms with Crippen LogP contribution >= 0.6 is 0 Å². The van der Waals surface area contributed by atoms with E-state index in [1.807, 2.05) is 19.1 Å². The Morgan fingerprint density at radius 2 is 1.76 bits per heavy atom. The molecule has 2 amide bonds. The van der Waals surface area contributed by atoms with E-state index in [1.165, 1.54) is 34.1 Å². The summed E-state index contributed by atoms with van der Waals surface area (Å²) in [6.07, 6.45) is -0.230. The van der Waals surface area contributed by atoms with Crippen LogP contribution in [0.3, 0.4) is 0 Å². The standard InChI is InChI=1S/C30H30N4O8S.CH2O2/c1-18-3-6-20-13-27(18)40-17-28(35)31-15-19-4-7-21(8-5-19)41-25-11-12-34(16-23(25)32-29(20)36)43(38,39)22-9-10-26-24(14-22)33(2)30(37)42-26;2-1-3/h3-10,13-14,23,25H,11-12,15-17H2,1-2H3,(H,31,35)(H,32,36);1H,(H,2,3)/t23-,25-;/m0./s1. The average Bonchev–Trinajstić information content (AvgIpc) is 3.33. The van der Waals surface area contributed by atoms with Gasteiger partial charge in [-0.3, -0.25) is 19.0 Å². The number of sulfonamides is 1. The first kappa shape index (κ1) is 32.2. The van der Waals surface area contributed by atoms with Crippen molar-refractivity contribution in [1.29, 1.82) is 0 Å². The summed E-state index contributed by atoms with van der Waals surface area (Å²) in [5.41, 5.74) is 2.55. The summed E-state index contributed by atoms with van der Waals surface area (Å²) in [7, 11) is -2.50. The molecule has 0 unspecified atom stereocenters. The quantitative estimate of drug-likeness (QED) is 0.270. The minimum Gasteiger partial charge on any atom is -0.488 e. The van der Waals surface area contributed by atoms with Crippen molar-refractivity contribution < 1.29 is 41.8 Å². The van der Waals surface area contributed by atoms with Crippen molar-refractivity contribution >= 4 is 39.4 Å². The second-order valence-electron chi connectivity index (χ2n) is 10.7. The highest BCUT2D eigenvalue weighted by molar-refractivity contribution is 7.89. The number of amides is 2. The molecule has 1 fully saturated rings. The molecule has 14 nitrogen and oxygen atoms in total. The van der Waals surface area contributed by atoms with Gasteiger partial charge in [0.2, 0.25) is 10.0 Å². The lowest BCUT2D eigenvalue weighted by molar-refractivity contribution is -0.123. The van der Waals surface area contributed by atoms with Crippen molar-refractivity contribution in [2.75, 3.05) is 19.7 Å². The number of carbonyl (C=O) groups excluding carboxylic acids is 2. The number of hydrogen-bond donors (Lipinski definition) is 3. The van der Waals surface area contributed by atoms with E-state index >= 15 is 0 Å². The molecule has 7 rings (SSSR count). The first-order valence-corrected chi connectivity index (χ1v) is 15.7. The summed E-state index contributed by atoms with van der Waals surface area (Å²) in [5, 5.41) is 12.7. The van der Waals surface area contributed by atoms with Crippen LogP contribution in [0.1, 0.15) is 27.9 Å². The summed E-state index contributed by atoms with van der Waals surface area (Å²) in [6, 6.07) is 15.7. The fourth-order valence-corrected chi connectivity index (χ4v) is 6.72. The van der Waals surface area contributed by atoms with Gasteiger partial charge < -0.3 is 29.6 Å². The van der Waals surface area contributed by atoms with E-state index < -0.39 is 33.8 Å². The van der Waals surface area contributed by atoms with Gasteiger partial charge in [0.05, 0.1) is 16.5 Å². The Morgan fingerprint density at radius 1 is 1.02 bits per heavy atom. The molecule has 0 radical (unpaired) electrons. The Bertz CT molecular complexity index is 1930. The van der Waals surface area contributed by atoms with Crippen LogP contribution in [0.25, 0.3) is 11.1 Å². The molecule has 3 aliphatic rings. The van der Waals surface area contributed by atoms with Gasteiger partial charge in [0.1, 0.15) is 17.6 Å². The maximum atomic E-state index is 13.8. The highest BCUT2D eigenvalue weighted by atomic mass is 32.2. The molecule has 4 heterocycles. The molecule has 0 aliphatic carbocycles. The van der Waals surface area contributed by atoms with E-state index in [9.17, 15) is 22.8 Å².